The van der Waals surface area contributed by atoms with Gasteiger partial charge in [0.25, 0.3) is 0 Å². The maximum atomic E-state index is 13.5. The lowest BCUT2D eigenvalue weighted by Gasteiger charge is -2.18. The Labute approximate surface area is 197 Å². The molecule has 1 N–H and O–H groups in total. The molecule has 168 valence electrons. The van der Waals surface area contributed by atoms with Gasteiger partial charge in [0.05, 0.1) is 18.5 Å². The van der Waals surface area contributed by atoms with Gasteiger partial charge in [-0.3, -0.25) is 4.79 Å². The topological polar surface area (TPSA) is 81.9 Å². The number of nitrogens with one attached hydrogen (secondary N) is 1. The van der Waals surface area contributed by atoms with Crippen molar-refractivity contribution in [3.63, 3.8) is 0 Å². The summed E-state index contributed by atoms with van der Waals surface area (Å²) < 4.78 is 7.12. The molecule has 0 fully saturated rings. The molecule has 4 rings (SSSR count). The van der Waals surface area contributed by atoms with Gasteiger partial charge in [0, 0.05) is 0 Å². The number of carbonyl (C=O) groups is 1. The Morgan fingerprint density at radius 2 is 1.73 bits per heavy atom. The van der Waals surface area contributed by atoms with Gasteiger partial charge in [-0.15, -0.1) is 5.10 Å². The molecule has 0 saturated heterocycles. The quantitative estimate of drug-likeness (QED) is 0.389. The minimum absolute atomic E-state index is 0.189. The van der Waals surface area contributed by atoms with E-state index < -0.39 is 5.25 Å². The van der Waals surface area contributed by atoms with Crippen LogP contribution in [0.5, 0.6) is 5.75 Å². The molecule has 33 heavy (non-hydrogen) atoms. The highest BCUT2D eigenvalue weighted by Gasteiger charge is 2.26. The second-order valence-corrected chi connectivity index (χ2v) is 8.84. The van der Waals surface area contributed by atoms with Crippen LogP contribution < -0.4 is 10.1 Å². The van der Waals surface area contributed by atoms with Crippen molar-refractivity contribution in [3.8, 4) is 11.4 Å². The van der Waals surface area contributed by atoms with E-state index in [0.29, 0.717) is 16.6 Å². The van der Waals surface area contributed by atoms with Crippen molar-refractivity contribution in [2.75, 3.05) is 12.4 Å². The number of thioether (sulfide) groups is 1. The van der Waals surface area contributed by atoms with Gasteiger partial charge in [0.1, 0.15) is 11.0 Å². The van der Waals surface area contributed by atoms with Gasteiger partial charge >= 0.3 is 0 Å². The summed E-state index contributed by atoms with van der Waals surface area (Å²) in [5.74, 6) is 0.414. The van der Waals surface area contributed by atoms with Gasteiger partial charge in [0.15, 0.2) is 0 Å². The number of amides is 1. The number of ether oxygens (including phenoxy) is 1. The largest absolute Gasteiger partial charge is 0.495 e. The first-order valence-electron chi connectivity index (χ1n) is 10.5. The Bertz CT molecular complexity index is 1270. The van der Waals surface area contributed by atoms with Crippen molar-refractivity contribution in [1.29, 1.82) is 0 Å². The van der Waals surface area contributed by atoms with E-state index in [2.05, 4.69) is 20.8 Å². The zero-order chi connectivity index (χ0) is 23.4. The molecule has 3 aromatic carbocycles. The van der Waals surface area contributed by atoms with Crippen LogP contribution in [-0.4, -0.2) is 33.2 Å². The van der Waals surface area contributed by atoms with Crippen LogP contribution in [-0.2, 0) is 4.79 Å². The molecule has 1 amide bonds. The third-order valence-electron chi connectivity index (χ3n) is 5.21. The van der Waals surface area contributed by atoms with Crippen LogP contribution in [0.25, 0.3) is 5.69 Å². The molecule has 7 nitrogen and oxygen atoms in total. The fourth-order valence-corrected chi connectivity index (χ4v) is 4.46. The minimum Gasteiger partial charge on any atom is -0.495 e. The Balaban J connectivity index is 1.69. The van der Waals surface area contributed by atoms with Crippen molar-refractivity contribution in [2.24, 2.45) is 0 Å². The molecule has 0 bridgehead atoms. The number of rotatable bonds is 7. The van der Waals surface area contributed by atoms with Crippen LogP contribution in [0.15, 0.2) is 71.9 Å². The Morgan fingerprint density at radius 1 is 1.00 bits per heavy atom. The first kappa shape index (κ1) is 22.5. The second kappa shape index (κ2) is 9.87. The van der Waals surface area contributed by atoms with E-state index in [4.69, 9.17) is 4.74 Å². The van der Waals surface area contributed by atoms with E-state index in [1.165, 1.54) is 11.8 Å². The third-order valence-corrected chi connectivity index (χ3v) is 6.40. The molecular weight excluding hydrogens is 434 g/mol. The van der Waals surface area contributed by atoms with Crippen LogP contribution in [0.1, 0.15) is 27.5 Å². The SMILES string of the molecule is COc1ccc(C)cc1NC(=O)[C@@H](Sc1nnnn1-c1cc(C)ccc1C)c1ccccc1. The van der Waals surface area contributed by atoms with Crippen molar-refractivity contribution >= 4 is 23.4 Å². The molecule has 8 heteroatoms. The highest BCUT2D eigenvalue weighted by Crippen LogP contribution is 2.37. The van der Waals surface area contributed by atoms with Crippen LogP contribution in [0.2, 0.25) is 0 Å². The molecule has 1 heterocycles. The molecular formula is C25H25N5O2S. The van der Waals surface area contributed by atoms with Crippen LogP contribution >= 0.6 is 11.8 Å². The molecule has 0 saturated carbocycles. The smallest absolute Gasteiger partial charge is 0.242 e. The molecule has 1 atom stereocenters. The standard InChI is InChI=1S/C25H25N5O2S/c1-16-11-13-22(32-4)20(14-16)26-24(31)23(19-8-6-5-7-9-19)33-25-27-28-29-30(25)21-15-17(2)10-12-18(21)3/h5-15,23H,1-4H3,(H,26,31)/t23-/m0/s1. The Hall–Kier alpha value is -3.65. The molecule has 0 aliphatic rings. The number of benzene rings is 3. The molecule has 0 aliphatic carbocycles. The average molecular weight is 460 g/mol. The summed E-state index contributed by atoms with van der Waals surface area (Å²) in [7, 11) is 1.59. The third kappa shape index (κ3) is 5.06. The van der Waals surface area contributed by atoms with Gasteiger partial charge < -0.3 is 10.1 Å². The number of aryl methyl sites for hydroxylation is 3. The van der Waals surface area contributed by atoms with E-state index in [-0.39, 0.29) is 5.91 Å². The minimum atomic E-state index is -0.578. The van der Waals surface area contributed by atoms with Crippen LogP contribution in [0, 0.1) is 20.8 Å². The second-order valence-electron chi connectivity index (χ2n) is 7.76. The van der Waals surface area contributed by atoms with Gasteiger partial charge in [0.2, 0.25) is 11.1 Å². The van der Waals surface area contributed by atoms with Crippen LogP contribution in [0.3, 0.4) is 0 Å². The first-order chi connectivity index (χ1) is 16.0. The molecule has 0 aliphatic heterocycles. The molecule has 4 aromatic rings. The number of anilines is 1. The highest BCUT2D eigenvalue weighted by atomic mass is 32.2. The van der Waals surface area contributed by atoms with Crippen molar-refractivity contribution < 1.29 is 9.53 Å². The lowest BCUT2D eigenvalue weighted by atomic mass is 10.1. The monoisotopic (exact) mass is 459 g/mol. The maximum Gasteiger partial charge on any atom is 0.242 e. The summed E-state index contributed by atoms with van der Waals surface area (Å²) in [6, 6.07) is 21.4. The highest BCUT2D eigenvalue weighted by molar-refractivity contribution is 8.00. The van der Waals surface area contributed by atoms with Crippen molar-refractivity contribution in [1.82, 2.24) is 20.2 Å². The van der Waals surface area contributed by atoms with E-state index >= 15 is 0 Å². The summed E-state index contributed by atoms with van der Waals surface area (Å²) in [6.07, 6.45) is 0. The summed E-state index contributed by atoms with van der Waals surface area (Å²) in [6.45, 7) is 6.00. The molecule has 0 unspecified atom stereocenters. The van der Waals surface area contributed by atoms with E-state index in [1.54, 1.807) is 11.8 Å². The van der Waals surface area contributed by atoms with Gasteiger partial charge in [-0.1, -0.05) is 60.3 Å². The molecule has 1 aromatic heterocycles. The van der Waals surface area contributed by atoms with Crippen molar-refractivity contribution in [3.05, 3.63) is 89.0 Å². The predicted molar refractivity (Wildman–Crippen MR) is 130 cm³/mol. The average Bonchev–Trinajstić information content (AvgIpc) is 3.28. The molecule has 0 spiro atoms. The number of tetrazole rings is 1. The summed E-state index contributed by atoms with van der Waals surface area (Å²) in [4.78, 5) is 13.5. The Morgan fingerprint density at radius 3 is 2.48 bits per heavy atom. The zero-order valence-electron chi connectivity index (χ0n) is 18.9. The lowest BCUT2D eigenvalue weighted by Crippen LogP contribution is -2.20. The summed E-state index contributed by atoms with van der Waals surface area (Å²) >= 11 is 1.30. The lowest BCUT2D eigenvalue weighted by molar-refractivity contribution is -0.115. The van der Waals surface area contributed by atoms with Gasteiger partial charge in [-0.2, -0.15) is 4.68 Å². The number of hydrogen-bond acceptors (Lipinski definition) is 6. The molecule has 0 radical (unpaired) electrons. The predicted octanol–water partition coefficient (Wildman–Crippen LogP) is 5.07. The number of carbonyl (C=O) groups excluding carboxylic acids is 1. The maximum absolute atomic E-state index is 13.5. The number of nitrogens with zero attached hydrogens (tertiary/aromatic N) is 4. The van der Waals surface area contributed by atoms with E-state index in [1.807, 2.05) is 87.5 Å². The number of methoxy groups -OCH3 is 1. The van der Waals surface area contributed by atoms with Crippen LogP contribution in [0.4, 0.5) is 5.69 Å². The van der Waals surface area contributed by atoms with Gasteiger partial charge in [-0.05, 0) is 71.7 Å². The first-order valence-corrected chi connectivity index (χ1v) is 11.4. The van der Waals surface area contributed by atoms with E-state index in [9.17, 15) is 4.79 Å². The fourth-order valence-electron chi connectivity index (χ4n) is 3.48. The van der Waals surface area contributed by atoms with E-state index in [0.717, 1.165) is 27.9 Å². The summed E-state index contributed by atoms with van der Waals surface area (Å²) in [5, 5.41) is 15.3. The normalized spacial score (nSPS) is 11.8. The number of hydrogen-bond donors (Lipinski definition) is 1. The van der Waals surface area contributed by atoms with Gasteiger partial charge in [-0.25, -0.2) is 0 Å². The summed E-state index contributed by atoms with van der Waals surface area (Å²) in [5.41, 5.74) is 5.52. The zero-order valence-corrected chi connectivity index (χ0v) is 19.8. The Kier molecular flexibility index (Phi) is 6.74. The fraction of sp³-hybridized carbons (Fsp3) is 0.200. The number of aromatic nitrogens is 4. The van der Waals surface area contributed by atoms with Crippen molar-refractivity contribution in [2.45, 2.75) is 31.2 Å².